The molecule has 2 N–H and O–H groups in total. The number of benzene rings is 3. The Morgan fingerprint density at radius 1 is 1.03 bits per heavy atom. The Morgan fingerprint density at radius 2 is 1.73 bits per heavy atom. The number of nitrogens with zero attached hydrogens (tertiary/aromatic N) is 2. The van der Waals surface area contributed by atoms with E-state index in [1.165, 1.54) is 0 Å². The molecule has 4 aromatic rings. The maximum Gasteiger partial charge on any atom is 0.273 e. The Bertz CT molecular complexity index is 1280. The van der Waals surface area contributed by atoms with Crippen molar-refractivity contribution in [3.63, 3.8) is 0 Å². The summed E-state index contributed by atoms with van der Waals surface area (Å²) in [5.41, 5.74) is 4.95. The molecule has 1 atom stereocenters. The van der Waals surface area contributed by atoms with Gasteiger partial charge in [-0.25, -0.2) is 0 Å². The molecule has 33 heavy (non-hydrogen) atoms. The number of aromatic amines is 1. The Labute approximate surface area is 196 Å². The number of carbonyl (C=O) groups is 1. The maximum atomic E-state index is 13.4. The minimum atomic E-state index is -0.323. The Balaban J connectivity index is 1.53. The molecule has 5 rings (SSSR count). The topological polar surface area (TPSA) is 78.5 Å². The van der Waals surface area contributed by atoms with Gasteiger partial charge in [-0.1, -0.05) is 48.0 Å². The van der Waals surface area contributed by atoms with E-state index in [-0.39, 0.29) is 17.7 Å². The van der Waals surface area contributed by atoms with E-state index in [1.807, 2.05) is 65.6 Å². The van der Waals surface area contributed by atoms with Gasteiger partial charge in [-0.05, 0) is 53.9 Å². The van der Waals surface area contributed by atoms with Crippen LogP contribution in [0.3, 0.4) is 0 Å². The Kier molecular flexibility index (Phi) is 5.52. The zero-order valence-electron chi connectivity index (χ0n) is 18.0. The van der Waals surface area contributed by atoms with Crippen LogP contribution in [0.25, 0.3) is 11.3 Å². The van der Waals surface area contributed by atoms with Crippen molar-refractivity contribution < 1.29 is 14.6 Å². The average Bonchev–Trinajstić information content (AvgIpc) is 3.38. The van der Waals surface area contributed by atoms with Crippen LogP contribution in [-0.4, -0.2) is 39.8 Å². The third-order valence-corrected chi connectivity index (χ3v) is 6.24. The van der Waals surface area contributed by atoms with Crippen LogP contribution in [0.2, 0.25) is 5.02 Å². The molecule has 1 aliphatic rings. The number of aromatic hydroxyl groups is 1. The third-order valence-electron chi connectivity index (χ3n) is 5.99. The van der Waals surface area contributed by atoms with Gasteiger partial charge in [0.2, 0.25) is 0 Å². The van der Waals surface area contributed by atoms with Crippen LogP contribution in [0.4, 0.5) is 0 Å². The van der Waals surface area contributed by atoms with E-state index in [1.54, 1.807) is 19.2 Å². The molecule has 7 heteroatoms. The minimum absolute atomic E-state index is 0.0932. The lowest BCUT2D eigenvalue weighted by Gasteiger charge is -2.26. The van der Waals surface area contributed by atoms with E-state index in [0.717, 1.165) is 33.7 Å². The van der Waals surface area contributed by atoms with E-state index < -0.39 is 0 Å². The van der Waals surface area contributed by atoms with Crippen LogP contribution in [0.1, 0.15) is 33.2 Å². The van der Waals surface area contributed by atoms with E-state index in [9.17, 15) is 9.90 Å². The van der Waals surface area contributed by atoms with E-state index >= 15 is 0 Å². The number of H-pyrrole nitrogens is 1. The second-order valence-corrected chi connectivity index (χ2v) is 8.39. The summed E-state index contributed by atoms with van der Waals surface area (Å²) in [6, 6.07) is 21.9. The third kappa shape index (κ3) is 3.94. The second-order valence-electron chi connectivity index (χ2n) is 7.96. The van der Waals surface area contributed by atoms with Gasteiger partial charge in [-0.2, -0.15) is 5.10 Å². The van der Waals surface area contributed by atoms with E-state index in [0.29, 0.717) is 23.7 Å². The van der Waals surface area contributed by atoms with Crippen LogP contribution in [0.15, 0.2) is 72.8 Å². The molecule has 6 nitrogen and oxygen atoms in total. The number of amides is 1. The Morgan fingerprint density at radius 3 is 2.39 bits per heavy atom. The van der Waals surface area contributed by atoms with Crippen molar-refractivity contribution in [2.75, 3.05) is 13.7 Å². The van der Waals surface area contributed by atoms with Gasteiger partial charge in [0.05, 0.1) is 18.8 Å². The standard InChI is InChI=1S/C26H22ClN3O3/c1-33-21-12-2-16(3-13-21)14-15-30-25(18-6-10-20(31)11-7-18)22-23(28-29-24(22)26(30)32)17-4-8-19(27)9-5-17/h2-13,25,31H,14-15H2,1H3,(H,28,29). The molecule has 0 bridgehead atoms. The maximum absolute atomic E-state index is 13.4. The lowest BCUT2D eigenvalue weighted by atomic mass is 9.96. The molecule has 166 valence electrons. The van der Waals surface area contributed by atoms with Gasteiger partial charge >= 0.3 is 0 Å². The van der Waals surface area contributed by atoms with Crippen molar-refractivity contribution in [1.82, 2.24) is 15.1 Å². The molecule has 0 saturated heterocycles. The van der Waals surface area contributed by atoms with Crippen molar-refractivity contribution in [1.29, 1.82) is 0 Å². The number of hydrogen-bond acceptors (Lipinski definition) is 4. The molecule has 0 fully saturated rings. The smallest absolute Gasteiger partial charge is 0.273 e. The molecule has 1 unspecified atom stereocenters. The molecule has 0 radical (unpaired) electrons. The number of halogens is 1. The summed E-state index contributed by atoms with van der Waals surface area (Å²) in [7, 11) is 1.64. The summed E-state index contributed by atoms with van der Waals surface area (Å²) in [6.07, 6.45) is 0.693. The van der Waals surface area contributed by atoms with Gasteiger partial charge in [-0.15, -0.1) is 0 Å². The van der Waals surface area contributed by atoms with Gasteiger partial charge in [0.25, 0.3) is 5.91 Å². The monoisotopic (exact) mass is 459 g/mol. The number of phenolic OH excluding ortho intramolecular Hbond substituents is 1. The van der Waals surface area contributed by atoms with Crippen LogP contribution in [0, 0.1) is 0 Å². The van der Waals surface area contributed by atoms with Crippen LogP contribution in [-0.2, 0) is 6.42 Å². The normalized spacial score (nSPS) is 15.0. The van der Waals surface area contributed by atoms with Crippen molar-refractivity contribution >= 4 is 17.5 Å². The number of carbonyl (C=O) groups excluding carboxylic acids is 1. The van der Waals surface area contributed by atoms with Crippen LogP contribution in [0.5, 0.6) is 11.5 Å². The predicted molar refractivity (Wildman–Crippen MR) is 127 cm³/mol. The molecule has 0 aliphatic carbocycles. The molecule has 0 saturated carbocycles. The molecule has 1 aromatic heterocycles. The molecule has 2 heterocycles. The molecular formula is C26H22ClN3O3. The first kappa shape index (κ1) is 21.1. The fourth-order valence-corrected chi connectivity index (χ4v) is 4.43. The zero-order chi connectivity index (χ0) is 22.9. The van der Waals surface area contributed by atoms with Crippen LogP contribution < -0.4 is 4.74 Å². The first-order valence-electron chi connectivity index (χ1n) is 10.6. The SMILES string of the molecule is COc1ccc(CCN2C(=O)c3[nH]nc(-c4ccc(Cl)cc4)c3C2c2ccc(O)cc2)cc1. The van der Waals surface area contributed by atoms with E-state index in [2.05, 4.69) is 10.2 Å². The number of ether oxygens (including phenoxy) is 1. The highest BCUT2D eigenvalue weighted by Gasteiger charge is 2.41. The van der Waals surface area contributed by atoms with Crippen molar-refractivity contribution in [2.45, 2.75) is 12.5 Å². The van der Waals surface area contributed by atoms with Gasteiger partial charge in [0, 0.05) is 22.7 Å². The number of methoxy groups -OCH3 is 1. The van der Waals surface area contributed by atoms with Gasteiger partial charge < -0.3 is 14.7 Å². The molecule has 1 aliphatic heterocycles. The summed E-state index contributed by atoms with van der Waals surface area (Å²) in [5.74, 6) is 0.883. The van der Waals surface area contributed by atoms with Crippen molar-refractivity contribution in [2.24, 2.45) is 0 Å². The van der Waals surface area contributed by atoms with Crippen LogP contribution >= 0.6 is 11.6 Å². The van der Waals surface area contributed by atoms with Gasteiger partial charge in [0.1, 0.15) is 17.2 Å². The van der Waals surface area contributed by atoms with E-state index in [4.69, 9.17) is 16.3 Å². The fourth-order valence-electron chi connectivity index (χ4n) is 4.30. The molecule has 3 aromatic carbocycles. The highest BCUT2D eigenvalue weighted by molar-refractivity contribution is 6.30. The highest BCUT2D eigenvalue weighted by atomic mass is 35.5. The number of nitrogens with one attached hydrogen (secondary N) is 1. The first-order chi connectivity index (χ1) is 16.0. The number of hydrogen-bond donors (Lipinski definition) is 2. The summed E-state index contributed by atoms with van der Waals surface area (Å²) < 4.78 is 5.24. The largest absolute Gasteiger partial charge is 0.508 e. The van der Waals surface area contributed by atoms with Crippen molar-refractivity contribution in [3.8, 4) is 22.8 Å². The predicted octanol–water partition coefficient (Wildman–Crippen LogP) is 5.23. The molecule has 0 spiro atoms. The zero-order valence-corrected chi connectivity index (χ0v) is 18.7. The lowest BCUT2D eigenvalue weighted by molar-refractivity contribution is 0.0746. The molecular weight excluding hydrogens is 438 g/mol. The first-order valence-corrected chi connectivity index (χ1v) is 11.0. The fraction of sp³-hybridized carbons (Fsp3) is 0.154. The van der Waals surface area contributed by atoms with Gasteiger partial charge in [0.15, 0.2) is 0 Å². The number of fused-ring (bicyclic) bond motifs is 1. The number of rotatable bonds is 6. The Hall–Kier alpha value is -3.77. The minimum Gasteiger partial charge on any atom is -0.508 e. The number of aromatic nitrogens is 2. The van der Waals surface area contributed by atoms with Gasteiger partial charge in [-0.3, -0.25) is 9.89 Å². The lowest BCUT2D eigenvalue weighted by Crippen LogP contribution is -2.31. The summed E-state index contributed by atoms with van der Waals surface area (Å²) in [5, 5.41) is 17.9. The second kappa shape index (κ2) is 8.64. The summed E-state index contributed by atoms with van der Waals surface area (Å²) >= 11 is 6.07. The average molecular weight is 460 g/mol. The molecule has 1 amide bonds. The summed E-state index contributed by atoms with van der Waals surface area (Å²) in [4.78, 5) is 15.3. The number of phenols is 1. The quantitative estimate of drug-likeness (QED) is 0.413. The summed E-state index contributed by atoms with van der Waals surface area (Å²) in [6.45, 7) is 0.527. The highest BCUT2D eigenvalue weighted by Crippen LogP contribution is 2.43. The van der Waals surface area contributed by atoms with Crippen molar-refractivity contribution in [3.05, 3.63) is 100 Å².